The third kappa shape index (κ3) is 6.11. The van der Waals surface area contributed by atoms with Crippen LogP contribution in [-0.2, 0) is 18.4 Å². The van der Waals surface area contributed by atoms with Crippen molar-refractivity contribution in [2.24, 2.45) is 12.1 Å². The minimum absolute atomic E-state index is 0.0894. The van der Waals surface area contributed by atoms with Gasteiger partial charge in [-0.15, -0.1) is 21.5 Å². The van der Waals surface area contributed by atoms with Crippen LogP contribution in [0.25, 0.3) is 0 Å². The molecule has 13 heteroatoms. The smallest absolute Gasteiger partial charge is 0.253 e. The van der Waals surface area contributed by atoms with E-state index in [0.717, 1.165) is 16.2 Å². The maximum Gasteiger partial charge on any atom is 0.253 e. The van der Waals surface area contributed by atoms with Gasteiger partial charge in [-0.1, -0.05) is 36.0 Å². The Hall–Kier alpha value is -4.36. The topological polar surface area (TPSA) is 120 Å². The van der Waals surface area contributed by atoms with Crippen molar-refractivity contribution < 1.29 is 23.8 Å². The summed E-state index contributed by atoms with van der Waals surface area (Å²) in [4.78, 5) is 27.2. The second-order valence-electron chi connectivity index (χ2n) is 9.23. The quantitative estimate of drug-likeness (QED) is 0.251. The molecular weight excluding hydrogens is 576 g/mol. The van der Waals surface area contributed by atoms with Gasteiger partial charge in [0.2, 0.25) is 0 Å². The fourth-order valence-electron chi connectivity index (χ4n) is 4.59. The molecule has 0 bridgehead atoms. The number of thioether (sulfide) groups is 1. The van der Waals surface area contributed by atoms with Crippen molar-refractivity contribution in [3.63, 3.8) is 0 Å². The number of nitrogens with zero attached hydrogens (tertiary/aromatic N) is 5. The van der Waals surface area contributed by atoms with Crippen molar-refractivity contribution in [3.05, 3.63) is 81.8 Å². The van der Waals surface area contributed by atoms with Gasteiger partial charge < -0.3 is 24.1 Å². The zero-order chi connectivity index (χ0) is 29.6. The van der Waals surface area contributed by atoms with E-state index in [1.54, 1.807) is 68.5 Å². The summed E-state index contributed by atoms with van der Waals surface area (Å²) in [6, 6.07) is 16.1. The Bertz CT molecular complexity index is 1600. The van der Waals surface area contributed by atoms with Crippen molar-refractivity contribution in [1.29, 1.82) is 0 Å². The molecule has 3 heterocycles. The lowest BCUT2D eigenvalue weighted by atomic mass is 9.99. The van der Waals surface area contributed by atoms with Crippen LogP contribution >= 0.6 is 23.1 Å². The van der Waals surface area contributed by atoms with Gasteiger partial charge in [0.05, 0.1) is 50.3 Å². The molecular formula is C29H30N6O5S2. The molecule has 1 N–H and O–H groups in total. The lowest BCUT2D eigenvalue weighted by molar-refractivity contribution is -0.130. The largest absolute Gasteiger partial charge is 0.497 e. The number of nitrogens with one attached hydrogen (secondary N) is 1. The van der Waals surface area contributed by atoms with E-state index in [-0.39, 0.29) is 30.2 Å². The number of para-hydroxylation sites is 1. The van der Waals surface area contributed by atoms with E-state index in [4.69, 9.17) is 19.3 Å². The van der Waals surface area contributed by atoms with Gasteiger partial charge in [-0.2, -0.15) is 5.10 Å². The highest BCUT2D eigenvalue weighted by Gasteiger charge is 2.36. The predicted octanol–water partition coefficient (Wildman–Crippen LogP) is 4.30. The molecule has 4 aromatic rings. The molecule has 0 aliphatic carbocycles. The summed E-state index contributed by atoms with van der Waals surface area (Å²) in [5.74, 6) is 1.97. The number of rotatable bonds is 11. The third-order valence-electron chi connectivity index (χ3n) is 6.75. The summed E-state index contributed by atoms with van der Waals surface area (Å²) < 4.78 is 18.1. The van der Waals surface area contributed by atoms with Crippen LogP contribution in [0.3, 0.4) is 0 Å². The maximum absolute atomic E-state index is 13.6. The molecule has 0 unspecified atom stereocenters. The van der Waals surface area contributed by atoms with Crippen LogP contribution < -0.4 is 19.5 Å². The first-order valence-electron chi connectivity index (χ1n) is 13.0. The predicted molar refractivity (Wildman–Crippen MR) is 160 cm³/mol. The molecule has 1 aliphatic heterocycles. The van der Waals surface area contributed by atoms with E-state index in [2.05, 4.69) is 15.5 Å². The van der Waals surface area contributed by atoms with E-state index in [1.807, 2.05) is 35.7 Å². The highest BCUT2D eigenvalue weighted by atomic mass is 32.2. The minimum atomic E-state index is -0.359. The third-order valence-corrected chi connectivity index (χ3v) is 8.68. The lowest BCUT2D eigenvalue weighted by Crippen LogP contribution is -2.29. The average Bonchev–Trinajstić information content (AvgIpc) is 3.79. The van der Waals surface area contributed by atoms with Crippen LogP contribution in [0.15, 0.2) is 70.2 Å². The first-order chi connectivity index (χ1) is 20.4. The molecule has 42 heavy (non-hydrogen) atoms. The molecule has 5 rings (SSSR count). The lowest BCUT2D eigenvalue weighted by Gasteiger charge is -2.24. The van der Waals surface area contributed by atoms with Crippen LogP contribution in [0.4, 0.5) is 0 Å². The molecule has 0 saturated heterocycles. The van der Waals surface area contributed by atoms with Gasteiger partial charge >= 0.3 is 0 Å². The van der Waals surface area contributed by atoms with E-state index in [9.17, 15) is 9.59 Å². The Morgan fingerprint density at radius 2 is 1.88 bits per heavy atom. The van der Waals surface area contributed by atoms with Crippen molar-refractivity contribution >= 4 is 40.6 Å². The molecule has 1 atom stereocenters. The second-order valence-corrected chi connectivity index (χ2v) is 11.1. The molecule has 2 aromatic heterocycles. The molecule has 1 aliphatic rings. The van der Waals surface area contributed by atoms with Crippen LogP contribution in [0, 0.1) is 0 Å². The summed E-state index contributed by atoms with van der Waals surface area (Å²) in [6.07, 6.45) is 0.543. The SMILES string of the molecule is COc1cccc(C(=O)NCc2nnc(SCC(=O)N3N=C(c4cccs4)C[C@H]3c3cccc(OC)c3OC)n2C)c1. The van der Waals surface area contributed by atoms with Gasteiger partial charge in [0, 0.05) is 24.6 Å². The first kappa shape index (κ1) is 29.1. The van der Waals surface area contributed by atoms with Gasteiger partial charge in [-0.3, -0.25) is 9.59 Å². The van der Waals surface area contributed by atoms with Crippen LogP contribution in [0.1, 0.15) is 39.1 Å². The van der Waals surface area contributed by atoms with Crippen molar-refractivity contribution in [3.8, 4) is 17.2 Å². The number of carbonyl (C=O) groups excluding carboxylic acids is 2. The summed E-state index contributed by atoms with van der Waals surface area (Å²) in [5.41, 5.74) is 2.14. The van der Waals surface area contributed by atoms with Crippen molar-refractivity contribution in [2.75, 3.05) is 27.1 Å². The average molecular weight is 607 g/mol. The standard InChI is InChI=1S/C29H30N6O5S2/c1-34-25(16-30-28(37)18-8-5-9-19(14-18)38-2)31-32-29(34)42-17-26(36)35-22(15-21(33-35)24-12-7-13-41-24)20-10-6-11-23(39-3)27(20)40-4/h5-14,22H,15-17H2,1-4H3,(H,30,37)/t22-/m0/s1. The Labute approximate surface area is 251 Å². The number of ether oxygens (including phenoxy) is 3. The zero-order valence-electron chi connectivity index (χ0n) is 23.6. The highest BCUT2D eigenvalue weighted by Crippen LogP contribution is 2.42. The molecule has 0 fully saturated rings. The number of hydrogen-bond acceptors (Lipinski definition) is 10. The number of carbonyl (C=O) groups is 2. The second kappa shape index (κ2) is 13.1. The Morgan fingerprint density at radius 3 is 2.62 bits per heavy atom. The normalized spacial score (nSPS) is 14.4. The van der Waals surface area contributed by atoms with Crippen LogP contribution in [-0.4, -0.2) is 64.4 Å². The molecule has 218 valence electrons. The van der Waals surface area contributed by atoms with E-state index in [0.29, 0.717) is 40.2 Å². The fourth-order valence-corrected chi connectivity index (χ4v) is 6.09. The van der Waals surface area contributed by atoms with Crippen LogP contribution in [0.2, 0.25) is 0 Å². The summed E-state index contributed by atoms with van der Waals surface area (Å²) in [5, 5.41) is 20.1. The number of benzene rings is 2. The fraction of sp³-hybridized carbons (Fsp3) is 0.276. The number of methoxy groups -OCH3 is 3. The number of hydrazone groups is 1. The van der Waals surface area contributed by atoms with Gasteiger partial charge in [-0.25, -0.2) is 5.01 Å². The molecule has 2 aromatic carbocycles. The van der Waals surface area contributed by atoms with Crippen molar-refractivity contribution in [1.82, 2.24) is 25.1 Å². The Balaban J connectivity index is 1.29. The molecule has 11 nitrogen and oxygen atoms in total. The van der Waals surface area contributed by atoms with E-state index in [1.165, 1.54) is 16.8 Å². The Kier molecular flexibility index (Phi) is 9.08. The minimum Gasteiger partial charge on any atom is -0.497 e. The first-order valence-corrected chi connectivity index (χ1v) is 14.9. The van der Waals surface area contributed by atoms with Crippen LogP contribution in [0.5, 0.6) is 17.2 Å². The molecule has 2 amide bonds. The molecule has 0 saturated carbocycles. The van der Waals surface area contributed by atoms with Crippen molar-refractivity contribution in [2.45, 2.75) is 24.2 Å². The van der Waals surface area contributed by atoms with E-state index >= 15 is 0 Å². The van der Waals surface area contributed by atoms with Gasteiger partial charge in [0.25, 0.3) is 11.8 Å². The summed E-state index contributed by atoms with van der Waals surface area (Å²) in [6.45, 7) is 0.173. The monoisotopic (exact) mass is 606 g/mol. The number of amides is 2. The number of aromatic nitrogens is 3. The van der Waals surface area contributed by atoms with E-state index < -0.39 is 0 Å². The van der Waals surface area contributed by atoms with Gasteiger partial charge in [-0.05, 0) is 35.7 Å². The maximum atomic E-state index is 13.6. The summed E-state index contributed by atoms with van der Waals surface area (Å²) >= 11 is 2.84. The molecule has 0 radical (unpaired) electrons. The molecule has 0 spiro atoms. The Morgan fingerprint density at radius 1 is 1.05 bits per heavy atom. The summed E-state index contributed by atoms with van der Waals surface area (Å²) in [7, 11) is 6.52. The number of hydrogen-bond donors (Lipinski definition) is 1. The van der Waals surface area contributed by atoms with Gasteiger partial charge in [0.15, 0.2) is 22.5 Å². The number of thiophene rings is 1. The zero-order valence-corrected chi connectivity index (χ0v) is 25.2. The van der Waals surface area contributed by atoms with Gasteiger partial charge in [0.1, 0.15) is 5.75 Å². The highest BCUT2D eigenvalue weighted by molar-refractivity contribution is 7.99.